The van der Waals surface area contributed by atoms with Gasteiger partial charge in [-0.25, -0.2) is 4.79 Å². The lowest BCUT2D eigenvalue weighted by Crippen LogP contribution is -2.50. The number of nitrogens with zero attached hydrogens (tertiary/aromatic N) is 1. The minimum absolute atomic E-state index is 0.0522. The van der Waals surface area contributed by atoms with E-state index in [9.17, 15) is 19.5 Å². The predicted molar refractivity (Wildman–Crippen MR) is 248 cm³/mol. The Morgan fingerprint density at radius 3 is 1.39 bits per heavy atom. The van der Waals surface area contributed by atoms with Crippen LogP contribution < -0.4 is 0 Å². The number of allylic oxidation sites excluding steroid dienone is 4. The summed E-state index contributed by atoms with van der Waals surface area (Å²) in [5.41, 5.74) is 0. The lowest BCUT2D eigenvalue weighted by molar-refractivity contribution is -0.887. The summed E-state index contributed by atoms with van der Waals surface area (Å²) in [5, 5.41) is 9.63. The fourth-order valence-corrected chi connectivity index (χ4v) is 7.54. The average Bonchev–Trinajstić information content (AvgIpc) is 3.19. The first kappa shape index (κ1) is 56.8. The number of hydrogen-bond donors (Lipinski definition) is 1. The second-order valence-corrected chi connectivity index (χ2v) is 18.1. The summed E-state index contributed by atoms with van der Waals surface area (Å²) >= 11 is 0. The van der Waals surface area contributed by atoms with Crippen molar-refractivity contribution in [3.8, 4) is 0 Å². The molecule has 0 amide bonds. The summed E-state index contributed by atoms with van der Waals surface area (Å²) in [5.74, 6) is -1.47. The van der Waals surface area contributed by atoms with Crippen LogP contribution >= 0.6 is 0 Å². The van der Waals surface area contributed by atoms with Crippen LogP contribution in [0.1, 0.15) is 232 Å². The molecule has 0 aliphatic rings. The molecule has 0 aromatic carbocycles. The fraction of sp³-hybridized carbons (Fsp3) is 0.863. The average molecular weight is 835 g/mol. The van der Waals surface area contributed by atoms with Gasteiger partial charge in [0.1, 0.15) is 6.61 Å². The molecule has 0 saturated carbocycles. The van der Waals surface area contributed by atoms with Gasteiger partial charge in [-0.15, -0.1) is 0 Å². The minimum atomic E-state index is -0.875. The van der Waals surface area contributed by atoms with E-state index in [1.165, 1.54) is 128 Å². The van der Waals surface area contributed by atoms with Crippen LogP contribution in [0.3, 0.4) is 0 Å². The van der Waals surface area contributed by atoms with E-state index in [0.29, 0.717) is 19.3 Å². The van der Waals surface area contributed by atoms with Crippen LogP contribution in [0.25, 0.3) is 0 Å². The zero-order valence-corrected chi connectivity index (χ0v) is 39.5. The molecular weight excluding hydrogens is 739 g/mol. The number of carboxylic acid groups (broad SMARTS) is 1. The molecule has 2 atom stereocenters. The van der Waals surface area contributed by atoms with E-state index in [-0.39, 0.29) is 36.2 Å². The zero-order valence-electron chi connectivity index (χ0n) is 39.5. The highest BCUT2D eigenvalue weighted by Crippen LogP contribution is 2.17. The third-order valence-electron chi connectivity index (χ3n) is 11.4. The molecule has 0 bridgehead atoms. The number of rotatable bonds is 45. The van der Waals surface area contributed by atoms with Gasteiger partial charge < -0.3 is 23.8 Å². The van der Waals surface area contributed by atoms with Crippen molar-refractivity contribution in [2.24, 2.45) is 0 Å². The molecule has 8 heteroatoms. The molecule has 0 rings (SSSR count). The van der Waals surface area contributed by atoms with Gasteiger partial charge in [-0.05, 0) is 38.5 Å². The van der Waals surface area contributed by atoms with E-state index in [1.54, 1.807) is 0 Å². The van der Waals surface area contributed by atoms with Gasteiger partial charge in [0.05, 0.1) is 34.4 Å². The maximum absolute atomic E-state index is 12.7. The highest BCUT2D eigenvalue weighted by Gasteiger charge is 2.31. The highest BCUT2D eigenvalue weighted by atomic mass is 16.6. The number of carbonyl (C=O) groups excluding carboxylic acids is 2. The van der Waals surface area contributed by atoms with Crippen LogP contribution in [-0.2, 0) is 28.6 Å². The highest BCUT2D eigenvalue weighted by molar-refractivity contribution is 5.72. The van der Waals surface area contributed by atoms with Gasteiger partial charge in [0.15, 0.2) is 12.1 Å². The van der Waals surface area contributed by atoms with Gasteiger partial charge in [-0.2, -0.15) is 0 Å². The van der Waals surface area contributed by atoms with Crippen molar-refractivity contribution in [3.05, 3.63) is 24.3 Å². The smallest absolute Gasteiger partial charge is 0.362 e. The summed E-state index contributed by atoms with van der Waals surface area (Å²) in [7, 11) is 5.53. The van der Waals surface area contributed by atoms with E-state index < -0.39 is 18.1 Å². The van der Waals surface area contributed by atoms with Crippen molar-refractivity contribution in [1.29, 1.82) is 0 Å². The Morgan fingerprint density at radius 1 is 0.525 bits per heavy atom. The minimum Gasteiger partial charge on any atom is -0.477 e. The van der Waals surface area contributed by atoms with Crippen molar-refractivity contribution in [3.63, 3.8) is 0 Å². The largest absolute Gasteiger partial charge is 0.477 e. The molecule has 59 heavy (non-hydrogen) atoms. The first-order valence-corrected chi connectivity index (χ1v) is 24.9. The Hall–Kier alpha value is -2.19. The quantitative estimate of drug-likeness (QED) is 0.0282. The summed E-state index contributed by atoms with van der Waals surface area (Å²) in [4.78, 5) is 37.0. The van der Waals surface area contributed by atoms with Gasteiger partial charge >= 0.3 is 17.9 Å². The molecule has 0 aliphatic carbocycles. The predicted octanol–water partition coefficient (Wildman–Crippen LogP) is 14.0. The Balaban J connectivity index is 4.13. The van der Waals surface area contributed by atoms with E-state index in [0.717, 1.165) is 70.6 Å². The van der Waals surface area contributed by atoms with Crippen molar-refractivity contribution in [2.45, 2.75) is 244 Å². The van der Waals surface area contributed by atoms with Crippen molar-refractivity contribution < 1.29 is 38.2 Å². The molecule has 0 fully saturated rings. The Bertz CT molecular complexity index is 1020. The number of ether oxygens (including phenoxy) is 3. The molecule has 0 saturated heterocycles. The zero-order chi connectivity index (χ0) is 43.5. The van der Waals surface area contributed by atoms with E-state index >= 15 is 0 Å². The maximum atomic E-state index is 12.7. The molecule has 0 heterocycles. The Morgan fingerprint density at radius 2 is 0.949 bits per heavy atom. The van der Waals surface area contributed by atoms with Crippen LogP contribution in [0, 0.1) is 0 Å². The monoisotopic (exact) mass is 835 g/mol. The number of unbranched alkanes of at least 4 members (excludes halogenated alkanes) is 27. The lowest BCUT2D eigenvalue weighted by Gasteiger charge is -2.31. The number of carboxylic acids is 1. The summed E-state index contributed by atoms with van der Waals surface area (Å²) in [6.45, 7) is 4.64. The third kappa shape index (κ3) is 41.0. The summed E-state index contributed by atoms with van der Waals surface area (Å²) in [6.07, 6.45) is 48.1. The number of quaternary nitrogens is 1. The summed E-state index contributed by atoms with van der Waals surface area (Å²) in [6, 6.07) is -0.614. The van der Waals surface area contributed by atoms with Crippen molar-refractivity contribution in [1.82, 2.24) is 0 Å². The number of likely N-dealkylation sites (N-methyl/N-ethyl adjacent to an activating group) is 1. The molecule has 0 radical (unpaired) electrons. The van der Waals surface area contributed by atoms with Crippen LogP contribution in [0.2, 0.25) is 0 Å². The van der Waals surface area contributed by atoms with E-state index in [2.05, 4.69) is 38.2 Å². The van der Waals surface area contributed by atoms with Gasteiger partial charge in [-0.3, -0.25) is 9.59 Å². The first-order chi connectivity index (χ1) is 28.6. The molecule has 0 aliphatic heterocycles. The molecule has 346 valence electrons. The third-order valence-corrected chi connectivity index (χ3v) is 11.4. The molecule has 0 aromatic heterocycles. The van der Waals surface area contributed by atoms with Gasteiger partial charge in [0, 0.05) is 19.3 Å². The summed E-state index contributed by atoms with van der Waals surface area (Å²) < 4.78 is 17.3. The molecule has 1 N–H and O–H groups in total. The van der Waals surface area contributed by atoms with Crippen LogP contribution in [0.4, 0.5) is 0 Å². The van der Waals surface area contributed by atoms with E-state index in [1.807, 2.05) is 21.1 Å². The Kier molecular flexibility index (Phi) is 40.9. The van der Waals surface area contributed by atoms with Crippen molar-refractivity contribution >= 4 is 17.9 Å². The molecule has 0 spiro atoms. The second kappa shape index (κ2) is 42.5. The van der Waals surface area contributed by atoms with Crippen molar-refractivity contribution in [2.75, 3.05) is 41.0 Å². The van der Waals surface area contributed by atoms with E-state index in [4.69, 9.17) is 14.2 Å². The maximum Gasteiger partial charge on any atom is 0.362 e. The topological polar surface area (TPSA) is 99.1 Å². The Labute approximate surface area is 364 Å². The van der Waals surface area contributed by atoms with Gasteiger partial charge in [0.25, 0.3) is 0 Å². The first-order valence-electron chi connectivity index (χ1n) is 24.9. The van der Waals surface area contributed by atoms with Crippen LogP contribution in [-0.4, -0.2) is 80.6 Å². The van der Waals surface area contributed by atoms with Crippen LogP contribution in [0.5, 0.6) is 0 Å². The number of carbonyl (C=O) groups is 3. The van der Waals surface area contributed by atoms with Crippen LogP contribution in [0.15, 0.2) is 24.3 Å². The second-order valence-electron chi connectivity index (χ2n) is 18.1. The van der Waals surface area contributed by atoms with Gasteiger partial charge in [0.2, 0.25) is 0 Å². The van der Waals surface area contributed by atoms with Gasteiger partial charge in [-0.1, -0.05) is 199 Å². The molecule has 0 aromatic rings. The number of hydrogen-bond acceptors (Lipinski definition) is 6. The molecule has 2 unspecified atom stereocenters. The number of esters is 2. The number of aliphatic carboxylic acids is 1. The molecular formula is C51H96NO7+. The standard InChI is InChI=1S/C51H95NO7/c1-6-8-10-12-14-16-18-20-21-22-23-24-25-26-27-28-29-30-32-33-35-37-39-41-49(53)58-46-47(45-57-44-43-48(51(55)56)52(3,4)5)59-50(54)42-40-38-36-34-31-19-17-15-13-11-9-7-2/h9,11,15,17,47-48H,6-8,10,12-14,16,18-46H2,1-5H3/p+1/b11-9+,17-15+. The fourth-order valence-electron chi connectivity index (χ4n) is 7.54. The molecule has 8 nitrogen and oxygen atoms in total. The lowest BCUT2D eigenvalue weighted by atomic mass is 10.0. The SMILES string of the molecule is CC/C=C/C/C=C/CCCCCCCC(=O)OC(COCCC(C(=O)O)[N+](C)(C)C)COC(=O)CCCCCCCCCCCCCCCCCCCCCCCCC. The normalized spacial score (nSPS) is 13.0.